The molecule has 1 aromatic carbocycles. The zero-order chi connectivity index (χ0) is 13.7. The first-order chi connectivity index (χ1) is 8.49. The summed E-state index contributed by atoms with van der Waals surface area (Å²) >= 11 is 3.48. The van der Waals surface area contributed by atoms with Gasteiger partial charge in [-0.25, -0.2) is 0 Å². The molecule has 0 aliphatic rings. The summed E-state index contributed by atoms with van der Waals surface area (Å²) in [6.45, 7) is 1.98. The van der Waals surface area contributed by atoms with Crippen molar-refractivity contribution in [3.63, 3.8) is 0 Å². The van der Waals surface area contributed by atoms with Crippen LogP contribution in [0, 0.1) is 0 Å². The summed E-state index contributed by atoms with van der Waals surface area (Å²) in [5, 5.41) is 8.72. The highest BCUT2D eigenvalue weighted by atomic mass is 79.9. The largest absolute Gasteiger partial charge is 0.497 e. The van der Waals surface area contributed by atoms with Gasteiger partial charge in [-0.3, -0.25) is 4.79 Å². The van der Waals surface area contributed by atoms with Crippen LogP contribution in [-0.2, 0) is 4.79 Å². The van der Waals surface area contributed by atoms with Crippen LogP contribution in [0.3, 0.4) is 0 Å². The highest BCUT2D eigenvalue weighted by Gasteiger charge is 2.17. The lowest BCUT2D eigenvalue weighted by Gasteiger charge is -2.18. The van der Waals surface area contributed by atoms with E-state index in [2.05, 4.69) is 15.9 Å². The molecule has 4 nitrogen and oxygen atoms in total. The lowest BCUT2D eigenvalue weighted by atomic mass is 9.95. The first-order valence-electron chi connectivity index (χ1n) is 5.62. The molecule has 100 valence electrons. The fourth-order valence-corrected chi connectivity index (χ4v) is 2.63. The van der Waals surface area contributed by atoms with Crippen LogP contribution in [0.4, 0.5) is 0 Å². The van der Waals surface area contributed by atoms with Gasteiger partial charge in [0.1, 0.15) is 11.5 Å². The molecule has 0 aliphatic heterocycles. The molecule has 1 aromatic rings. The molecule has 0 spiro atoms. The number of carbonyl (C=O) groups is 1. The Morgan fingerprint density at radius 3 is 2.56 bits per heavy atom. The average Bonchev–Trinajstić information content (AvgIpc) is 2.34. The second-order valence-electron chi connectivity index (χ2n) is 4.06. The van der Waals surface area contributed by atoms with E-state index in [0.29, 0.717) is 17.9 Å². The Hall–Kier alpha value is -1.23. The summed E-state index contributed by atoms with van der Waals surface area (Å²) in [7, 11) is 3.18. The molecule has 1 rings (SSSR count). The van der Waals surface area contributed by atoms with E-state index >= 15 is 0 Å². The van der Waals surface area contributed by atoms with Crippen LogP contribution in [0.1, 0.15) is 31.2 Å². The van der Waals surface area contributed by atoms with Crippen molar-refractivity contribution in [1.29, 1.82) is 0 Å². The predicted octanol–water partition coefficient (Wildman–Crippen LogP) is 3.43. The topological polar surface area (TPSA) is 55.8 Å². The highest BCUT2D eigenvalue weighted by Crippen LogP contribution is 2.38. The standard InChI is InChI=1S/C13H17BrO4/c1-8(4-5-12(15)16)13-10(14)6-9(17-2)7-11(13)18-3/h6-8H,4-5H2,1-3H3,(H,15,16). The zero-order valence-corrected chi connectivity index (χ0v) is 12.3. The molecule has 0 aliphatic carbocycles. The van der Waals surface area contributed by atoms with Crippen molar-refractivity contribution >= 4 is 21.9 Å². The van der Waals surface area contributed by atoms with Crippen molar-refractivity contribution in [2.75, 3.05) is 14.2 Å². The zero-order valence-electron chi connectivity index (χ0n) is 10.7. The second kappa shape index (κ2) is 6.64. The number of carboxylic acid groups (broad SMARTS) is 1. The summed E-state index contributed by atoms with van der Waals surface area (Å²) < 4.78 is 11.4. The minimum atomic E-state index is -0.787. The number of benzene rings is 1. The number of methoxy groups -OCH3 is 2. The molecule has 0 saturated heterocycles. The van der Waals surface area contributed by atoms with Gasteiger partial charge in [0.15, 0.2) is 0 Å². The van der Waals surface area contributed by atoms with Crippen molar-refractivity contribution in [2.45, 2.75) is 25.7 Å². The smallest absolute Gasteiger partial charge is 0.303 e. The molecular weight excluding hydrogens is 300 g/mol. The van der Waals surface area contributed by atoms with Crippen molar-refractivity contribution < 1.29 is 19.4 Å². The molecule has 0 amide bonds. The van der Waals surface area contributed by atoms with Crippen LogP contribution in [0.5, 0.6) is 11.5 Å². The molecular formula is C13H17BrO4. The van der Waals surface area contributed by atoms with E-state index < -0.39 is 5.97 Å². The van der Waals surface area contributed by atoms with Crippen LogP contribution >= 0.6 is 15.9 Å². The Bertz CT molecular complexity index is 431. The Balaban J connectivity index is 3.02. The van der Waals surface area contributed by atoms with Crippen molar-refractivity contribution in [1.82, 2.24) is 0 Å². The van der Waals surface area contributed by atoms with Crippen molar-refractivity contribution in [2.24, 2.45) is 0 Å². The summed E-state index contributed by atoms with van der Waals surface area (Å²) in [5.41, 5.74) is 0.972. The Morgan fingerprint density at radius 2 is 2.06 bits per heavy atom. The van der Waals surface area contributed by atoms with Gasteiger partial charge < -0.3 is 14.6 Å². The molecule has 0 radical (unpaired) electrons. The molecule has 1 N–H and O–H groups in total. The first kappa shape index (κ1) is 14.8. The van der Waals surface area contributed by atoms with Gasteiger partial charge in [-0.05, 0) is 18.4 Å². The van der Waals surface area contributed by atoms with Crippen molar-refractivity contribution in [3.8, 4) is 11.5 Å². The van der Waals surface area contributed by atoms with Crippen LogP contribution < -0.4 is 9.47 Å². The first-order valence-corrected chi connectivity index (χ1v) is 6.42. The maximum Gasteiger partial charge on any atom is 0.303 e. The molecule has 18 heavy (non-hydrogen) atoms. The summed E-state index contributed by atoms with van der Waals surface area (Å²) in [4.78, 5) is 10.6. The van der Waals surface area contributed by atoms with E-state index in [0.717, 1.165) is 10.0 Å². The number of ether oxygens (including phenoxy) is 2. The summed E-state index contributed by atoms with van der Waals surface area (Å²) in [5.74, 6) is 0.716. The van der Waals surface area contributed by atoms with E-state index in [1.54, 1.807) is 20.3 Å². The minimum Gasteiger partial charge on any atom is -0.497 e. The number of aliphatic carboxylic acids is 1. The Labute approximate surface area is 115 Å². The molecule has 0 heterocycles. The van der Waals surface area contributed by atoms with Crippen LogP contribution in [0.25, 0.3) is 0 Å². The predicted molar refractivity (Wildman–Crippen MR) is 72.5 cm³/mol. The van der Waals surface area contributed by atoms with Gasteiger partial charge in [0, 0.05) is 22.5 Å². The lowest BCUT2D eigenvalue weighted by Crippen LogP contribution is -2.03. The molecule has 1 unspecified atom stereocenters. The van der Waals surface area contributed by atoms with Crippen molar-refractivity contribution in [3.05, 3.63) is 22.2 Å². The van der Waals surface area contributed by atoms with Crippen LogP contribution in [0.15, 0.2) is 16.6 Å². The normalized spacial score (nSPS) is 12.0. The van der Waals surface area contributed by atoms with Gasteiger partial charge in [-0.15, -0.1) is 0 Å². The van der Waals surface area contributed by atoms with E-state index in [1.807, 2.05) is 13.0 Å². The Kier molecular flexibility index (Phi) is 5.47. The maximum absolute atomic E-state index is 10.6. The molecule has 0 aromatic heterocycles. The second-order valence-corrected chi connectivity index (χ2v) is 4.91. The molecule has 1 atom stereocenters. The maximum atomic E-state index is 10.6. The molecule has 0 saturated carbocycles. The summed E-state index contributed by atoms with van der Waals surface area (Å²) in [6, 6.07) is 3.66. The molecule has 0 bridgehead atoms. The number of hydrogen-bond acceptors (Lipinski definition) is 3. The number of carboxylic acids is 1. The minimum absolute atomic E-state index is 0.0938. The van der Waals surface area contributed by atoms with Crippen LogP contribution in [0.2, 0.25) is 0 Å². The van der Waals surface area contributed by atoms with Gasteiger partial charge in [-0.2, -0.15) is 0 Å². The fraction of sp³-hybridized carbons (Fsp3) is 0.462. The Morgan fingerprint density at radius 1 is 1.39 bits per heavy atom. The monoisotopic (exact) mass is 316 g/mol. The number of rotatable bonds is 6. The van der Waals surface area contributed by atoms with Crippen LogP contribution in [-0.4, -0.2) is 25.3 Å². The third-order valence-electron chi connectivity index (χ3n) is 2.80. The van der Waals surface area contributed by atoms with E-state index in [4.69, 9.17) is 14.6 Å². The lowest BCUT2D eigenvalue weighted by molar-refractivity contribution is -0.137. The number of hydrogen-bond donors (Lipinski definition) is 1. The van der Waals surface area contributed by atoms with Gasteiger partial charge in [0.25, 0.3) is 0 Å². The van der Waals surface area contributed by atoms with Gasteiger partial charge >= 0.3 is 5.97 Å². The van der Waals surface area contributed by atoms with Gasteiger partial charge in [0.2, 0.25) is 0 Å². The average molecular weight is 317 g/mol. The third-order valence-corrected chi connectivity index (χ3v) is 3.46. The van der Waals surface area contributed by atoms with E-state index in [9.17, 15) is 4.79 Å². The van der Waals surface area contributed by atoms with Gasteiger partial charge in [-0.1, -0.05) is 22.9 Å². The van der Waals surface area contributed by atoms with Gasteiger partial charge in [0.05, 0.1) is 14.2 Å². The fourth-order valence-electron chi connectivity index (χ4n) is 1.82. The quantitative estimate of drug-likeness (QED) is 0.873. The number of halogens is 1. The van der Waals surface area contributed by atoms with E-state index in [-0.39, 0.29) is 12.3 Å². The third kappa shape index (κ3) is 3.63. The molecule has 5 heteroatoms. The summed E-state index contributed by atoms with van der Waals surface area (Å²) in [6.07, 6.45) is 0.708. The van der Waals surface area contributed by atoms with E-state index in [1.165, 1.54) is 0 Å². The SMILES string of the molecule is COc1cc(Br)c(C(C)CCC(=O)O)c(OC)c1. The highest BCUT2D eigenvalue weighted by molar-refractivity contribution is 9.10. The molecule has 0 fully saturated rings.